The van der Waals surface area contributed by atoms with Crippen LogP contribution in [0.4, 0.5) is 5.95 Å². The molecule has 2 fully saturated rings. The number of anilines is 1. The molecule has 0 radical (unpaired) electrons. The second-order valence-electron chi connectivity index (χ2n) is 12.8. The number of carbonyl (C=O) groups excluding carboxylic acids is 1. The van der Waals surface area contributed by atoms with Crippen LogP contribution in [0, 0.1) is 6.92 Å². The Labute approximate surface area is 279 Å². The highest BCUT2D eigenvalue weighted by molar-refractivity contribution is 5.95. The molecule has 9 heteroatoms. The molecule has 9 nitrogen and oxygen atoms in total. The summed E-state index contributed by atoms with van der Waals surface area (Å²) in [5.41, 5.74) is 4.96. The minimum absolute atomic E-state index is 0.0458. The summed E-state index contributed by atoms with van der Waals surface area (Å²) >= 11 is 0. The molecule has 0 saturated carbocycles. The topological polar surface area (TPSA) is 72.3 Å². The standard InChI is InChI=1S/C38H49N5O4/c1-5-47-25-24-43-33-15-10-9-14-32(33)39-37(43)41-19-11-18-40(22-23-41)20-16-38(31-12-7-6-8-13-31)17-21-42(28-38)36(44)30-26-29(2)35(46-4)34(27-30)45-3/h6-10,12-15,26-27H,5,11,16-25,28H2,1-4H3. The van der Waals surface area contributed by atoms with Crippen LogP contribution in [0.25, 0.3) is 11.0 Å². The van der Waals surface area contributed by atoms with E-state index in [1.807, 2.05) is 30.9 Å². The van der Waals surface area contributed by atoms with Gasteiger partial charge in [0.2, 0.25) is 5.95 Å². The molecular weight excluding hydrogens is 590 g/mol. The molecule has 1 amide bonds. The number of benzene rings is 3. The number of likely N-dealkylation sites (tertiary alicyclic amines) is 1. The van der Waals surface area contributed by atoms with Crippen molar-refractivity contribution in [3.8, 4) is 11.5 Å². The molecule has 47 heavy (non-hydrogen) atoms. The highest BCUT2D eigenvalue weighted by atomic mass is 16.5. The van der Waals surface area contributed by atoms with Crippen molar-refractivity contribution in [2.75, 3.05) is 78.1 Å². The first-order chi connectivity index (χ1) is 23.0. The lowest BCUT2D eigenvalue weighted by Gasteiger charge is -2.33. The van der Waals surface area contributed by atoms with Gasteiger partial charge in [-0.3, -0.25) is 4.79 Å². The van der Waals surface area contributed by atoms with Gasteiger partial charge in [-0.1, -0.05) is 42.5 Å². The molecule has 3 aromatic carbocycles. The number of amides is 1. The lowest BCUT2D eigenvalue weighted by molar-refractivity contribution is 0.0780. The number of carbonyl (C=O) groups is 1. The maximum atomic E-state index is 13.9. The van der Waals surface area contributed by atoms with Crippen molar-refractivity contribution in [3.63, 3.8) is 0 Å². The minimum Gasteiger partial charge on any atom is -0.493 e. The van der Waals surface area contributed by atoms with Crippen molar-refractivity contribution in [1.29, 1.82) is 0 Å². The van der Waals surface area contributed by atoms with E-state index >= 15 is 0 Å². The number of hydrogen-bond donors (Lipinski definition) is 0. The minimum atomic E-state index is -0.0955. The fraction of sp³-hybridized carbons (Fsp3) is 0.474. The third-order valence-corrected chi connectivity index (χ3v) is 10.0. The van der Waals surface area contributed by atoms with Gasteiger partial charge in [-0.2, -0.15) is 0 Å². The number of aryl methyl sites for hydroxylation is 1. The number of fused-ring (bicyclic) bond motifs is 1. The fourth-order valence-corrected chi connectivity index (χ4v) is 7.47. The van der Waals surface area contributed by atoms with Gasteiger partial charge < -0.3 is 33.5 Å². The average molecular weight is 640 g/mol. The molecular formula is C38H49N5O4. The van der Waals surface area contributed by atoms with E-state index in [4.69, 9.17) is 19.2 Å². The summed E-state index contributed by atoms with van der Waals surface area (Å²) in [7, 11) is 3.24. The Hall–Kier alpha value is -4.08. The first-order valence-electron chi connectivity index (χ1n) is 17.0. The zero-order chi connectivity index (χ0) is 32.8. The smallest absolute Gasteiger partial charge is 0.254 e. The maximum Gasteiger partial charge on any atom is 0.254 e. The van der Waals surface area contributed by atoms with Crippen LogP contribution in [0.15, 0.2) is 66.7 Å². The quantitative estimate of drug-likeness (QED) is 0.182. The van der Waals surface area contributed by atoms with E-state index < -0.39 is 0 Å². The van der Waals surface area contributed by atoms with Crippen LogP contribution < -0.4 is 14.4 Å². The number of imidazole rings is 1. The molecule has 1 atom stereocenters. The molecule has 0 bridgehead atoms. The van der Waals surface area contributed by atoms with Crippen LogP contribution in [-0.4, -0.2) is 98.5 Å². The molecule has 1 unspecified atom stereocenters. The molecule has 2 aliphatic heterocycles. The van der Waals surface area contributed by atoms with Gasteiger partial charge in [0.1, 0.15) is 0 Å². The van der Waals surface area contributed by atoms with Crippen molar-refractivity contribution in [2.24, 2.45) is 0 Å². The molecule has 3 heterocycles. The van der Waals surface area contributed by atoms with Gasteiger partial charge in [0.05, 0.1) is 31.9 Å². The molecule has 0 spiro atoms. The third kappa shape index (κ3) is 6.97. The predicted molar refractivity (Wildman–Crippen MR) is 187 cm³/mol. The van der Waals surface area contributed by atoms with Gasteiger partial charge in [0.15, 0.2) is 11.5 Å². The Morgan fingerprint density at radius 1 is 0.915 bits per heavy atom. The summed E-state index contributed by atoms with van der Waals surface area (Å²) in [5.74, 6) is 2.35. The molecule has 2 saturated heterocycles. The van der Waals surface area contributed by atoms with E-state index in [1.54, 1.807) is 14.2 Å². The Bertz CT molecular complexity index is 1660. The van der Waals surface area contributed by atoms with Crippen molar-refractivity contribution in [1.82, 2.24) is 19.4 Å². The zero-order valence-electron chi connectivity index (χ0n) is 28.4. The fourth-order valence-electron chi connectivity index (χ4n) is 7.47. The Morgan fingerprint density at radius 3 is 2.51 bits per heavy atom. The molecule has 0 aliphatic carbocycles. The van der Waals surface area contributed by atoms with Gasteiger partial charge >= 0.3 is 0 Å². The van der Waals surface area contributed by atoms with Crippen LogP contribution >= 0.6 is 0 Å². The van der Waals surface area contributed by atoms with Gasteiger partial charge in [-0.15, -0.1) is 0 Å². The van der Waals surface area contributed by atoms with E-state index in [0.29, 0.717) is 36.8 Å². The predicted octanol–water partition coefficient (Wildman–Crippen LogP) is 5.78. The van der Waals surface area contributed by atoms with Crippen LogP contribution in [-0.2, 0) is 16.7 Å². The molecule has 2 aliphatic rings. The van der Waals surface area contributed by atoms with Crippen LogP contribution in [0.1, 0.15) is 47.7 Å². The van der Waals surface area contributed by atoms with Crippen molar-refractivity contribution < 1.29 is 19.0 Å². The number of hydrogen-bond acceptors (Lipinski definition) is 7. The van der Waals surface area contributed by atoms with Gasteiger partial charge in [0.25, 0.3) is 5.91 Å². The summed E-state index contributed by atoms with van der Waals surface area (Å²) in [6.07, 6.45) is 3.02. The normalized spacial score (nSPS) is 18.9. The average Bonchev–Trinajstić information content (AvgIpc) is 3.62. The van der Waals surface area contributed by atoms with E-state index in [0.717, 1.165) is 87.6 Å². The van der Waals surface area contributed by atoms with Gasteiger partial charge in [0, 0.05) is 56.9 Å². The molecule has 250 valence electrons. The van der Waals surface area contributed by atoms with E-state index in [1.165, 1.54) is 5.56 Å². The Balaban J connectivity index is 1.16. The summed E-state index contributed by atoms with van der Waals surface area (Å²) in [6.45, 7) is 12.5. The Kier molecular flexibility index (Phi) is 10.3. The number of para-hydroxylation sites is 2. The number of rotatable bonds is 12. The first kappa shape index (κ1) is 32.8. The molecule has 6 rings (SSSR count). The maximum absolute atomic E-state index is 13.9. The van der Waals surface area contributed by atoms with Crippen molar-refractivity contribution in [3.05, 3.63) is 83.4 Å². The first-order valence-corrected chi connectivity index (χ1v) is 17.0. The Morgan fingerprint density at radius 2 is 1.72 bits per heavy atom. The van der Waals surface area contributed by atoms with Crippen molar-refractivity contribution in [2.45, 2.75) is 45.1 Å². The highest BCUT2D eigenvalue weighted by Gasteiger charge is 2.41. The zero-order valence-corrected chi connectivity index (χ0v) is 28.4. The number of aromatic nitrogens is 2. The molecule has 0 N–H and O–H groups in total. The number of nitrogens with zero attached hydrogens (tertiary/aromatic N) is 5. The summed E-state index contributed by atoms with van der Waals surface area (Å²) in [5, 5.41) is 0. The summed E-state index contributed by atoms with van der Waals surface area (Å²) in [6, 6.07) is 22.9. The lowest BCUT2D eigenvalue weighted by Crippen LogP contribution is -2.39. The van der Waals surface area contributed by atoms with E-state index in [-0.39, 0.29) is 11.3 Å². The highest BCUT2D eigenvalue weighted by Crippen LogP contribution is 2.40. The van der Waals surface area contributed by atoms with Crippen LogP contribution in [0.2, 0.25) is 0 Å². The van der Waals surface area contributed by atoms with E-state index in [2.05, 4.69) is 69.0 Å². The van der Waals surface area contributed by atoms with E-state index in [9.17, 15) is 4.79 Å². The van der Waals surface area contributed by atoms with Crippen molar-refractivity contribution >= 4 is 22.9 Å². The van der Waals surface area contributed by atoms with Gasteiger partial charge in [-0.25, -0.2) is 4.98 Å². The second kappa shape index (κ2) is 14.8. The molecule has 4 aromatic rings. The molecule has 1 aromatic heterocycles. The lowest BCUT2D eigenvalue weighted by atomic mass is 9.76. The van der Waals surface area contributed by atoms with Crippen LogP contribution in [0.3, 0.4) is 0 Å². The summed E-state index contributed by atoms with van der Waals surface area (Å²) < 4.78 is 19.1. The van der Waals surface area contributed by atoms with Crippen LogP contribution in [0.5, 0.6) is 11.5 Å². The largest absolute Gasteiger partial charge is 0.493 e. The van der Waals surface area contributed by atoms with Gasteiger partial charge in [-0.05, 0) is 81.6 Å². The SMILES string of the molecule is CCOCCn1c(N2CCCN(CCC3(c4ccccc4)CCN(C(=O)c4cc(C)c(OC)c(OC)c4)C3)CC2)nc2ccccc21. The number of ether oxygens (including phenoxy) is 3. The third-order valence-electron chi connectivity index (χ3n) is 10.0. The monoisotopic (exact) mass is 639 g/mol. The number of methoxy groups -OCH3 is 2. The second-order valence-corrected chi connectivity index (χ2v) is 12.8. The summed E-state index contributed by atoms with van der Waals surface area (Å²) in [4.78, 5) is 26.1.